The smallest absolute Gasteiger partial charge is 0.226 e. The van der Waals surface area contributed by atoms with Crippen molar-refractivity contribution in [2.24, 2.45) is 29.1 Å². The molecule has 2 N–H and O–H groups in total. The highest BCUT2D eigenvalue weighted by Crippen LogP contribution is 2.66. The molecule has 0 amide bonds. The molecule has 5 fully saturated rings. The molecule has 7 rings (SSSR count). The van der Waals surface area contributed by atoms with E-state index in [-0.39, 0.29) is 36.9 Å². The molecule has 0 bridgehead atoms. The molecule has 3 saturated carbocycles. The number of aromatic amines is 1. The summed E-state index contributed by atoms with van der Waals surface area (Å²) in [6.45, 7) is 3.32. The van der Waals surface area contributed by atoms with E-state index in [0.29, 0.717) is 18.4 Å². The zero-order valence-corrected chi connectivity index (χ0v) is 17.4. The molecule has 4 aliphatic carbocycles. The fraction of sp³-hybridized carbons (Fsp3) is 0.783. The van der Waals surface area contributed by atoms with Gasteiger partial charge in [0.25, 0.3) is 0 Å². The van der Waals surface area contributed by atoms with Gasteiger partial charge >= 0.3 is 0 Å². The van der Waals surface area contributed by atoms with Gasteiger partial charge in [0.05, 0.1) is 18.0 Å². The number of allylic oxidation sites excluding steroid dienone is 1. The van der Waals surface area contributed by atoms with Gasteiger partial charge in [0.15, 0.2) is 13.6 Å². The molecule has 2 spiro atoms. The Hall–Kier alpha value is -1.25. The van der Waals surface area contributed by atoms with Crippen molar-refractivity contribution in [2.75, 3.05) is 20.2 Å². The highest BCUT2D eigenvalue weighted by Gasteiger charge is 2.71. The van der Waals surface area contributed by atoms with Crippen LogP contribution < -0.4 is 0 Å². The van der Waals surface area contributed by atoms with Crippen molar-refractivity contribution >= 4 is 6.08 Å². The summed E-state index contributed by atoms with van der Waals surface area (Å²) >= 11 is 0. The molecular weight excluding hydrogens is 384 g/mol. The van der Waals surface area contributed by atoms with Gasteiger partial charge < -0.3 is 24.1 Å². The van der Waals surface area contributed by atoms with E-state index in [9.17, 15) is 5.11 Å². The normalized spacial score (nSPS) is 51.5. The summed E-state index contributed by atoms with van der Waals surface area (Å²) in [5.74, 6) is 0.762. The van der Waals surface area contributed by atoms with E-state index in [1.54, 1.807) is 0 Å². The number of nitrogens with one attached hydrogen (secondary N) is 1. The molecule has 3 heterocycles. The number of H-pyrrole nitrogens is 1. The monoisotopic (exact) mass is 414 g/mol. The molecule has 162 valence electrons. The van der Waals surface area contributed by atoms with Gasteiger partial charge in [-0.3, -0.25) is 5.10 Å². The van der Waals surface area contributed by atoms with Crippen LogP contribution in [0.5, 0.6) is 0 Å². The summed E-state index contributed by atoms with van der Waals surface area (Å²) in [6.07, 6.45) is 9.90. The molecule has 0 aromatic carbocycles. The summed E-state index contributed by atoms with van der Waals surface area (Å²) in [7, 11) is 0. The number of nitrogens with zero attached hydrogens (tertiary/aromatic N) is 1. The molecule has 7 heteroatoms. The fourth-order valence-corrected chi connectivity index (χ4v) is 8.48. The number of aromatic nitrogens is 2. The second kappa shape index (κ2) is 5.95. The fourth-order valence-electron chi connectivity index (χ4n) is 8.48. The average Bonchev–Trinajstić information content (AvgIpc) is 3.50. The van der Waals surface area contributed by atoms with Gasteiger partial charge in [-0.2, -0.15) is 5.10 Å². The van der Waals surface area contributed by atoms with Crippen LogP contribution in [0.1, 0.15) is 50.3 Å². The summed E-state index contributed by atoms with van der Waals surface area (Å²) in [6, 6.07) is 0. The van der Waals surface area contributed by atoms with Gasteiger partial charge in [-0.05, 0) is 79.3 Å². The third-order valence-electron chi connectivity index (χ3n) is 9.65. The lowest BCUT2D eigenvalue weighted by molar-refractivity contribution is -0.231. The van der Waals surface area contributed by atoms with Crippen LogP contribution in [0.15, 0.2) is 11.8 Å². The van der Waals surface area contributed by atoms with Crippen molar-refractivity contribution in [3.8, 4) is 0 Å². The highest BCUT2D eigenvalue weighted by atomic mass is 16.9. The molecule has 6 aliphatic rings. The third kappa shape index (κ3) is 2.06. The standard InChI is InChI=1S/C23H30N2O5/c1-21-8-13-9-24-25-18(13)6-14(21)2-3-16-15-4-5-22(17(15)7-19(26)20(16)21)23(30-12-28-22)10-27-11-29-23/h6,9,15-17,19-20,26H,2-5,7-8,10-12H2,1H3,(H,24,25)/t15-,16-,17?,19-,20+,21-,22+,23?/m0/s1. The largest absolute Gasteiger partial charge is 0.393 e. The Morgan fingerprint density at radius 2 is 2.07 bits per heavy atom. The van der Waals surface area contributed by atoms with E-state index in [4.69, 9.17) is 18.9 Å². The number of aliphatic hydroxyl groups is 1. The Balaban J connectivity index is 1.26. The zero-order valence-electron chi connectivity index (χ0n) is 17.4. The van der Waals surface area contributed by atoms with E-state index in [1.807, 2.05) is 6.20 Å². The number of aliphatic hydroxyl groups excluding tert-OH is 1. The van der Waals surface area contributed by atoms with E-state index in [0.717, 1.165) is 44.2 Å². The minimum Gasteiger partial charge on any atom is -0.393 e. The molecule has 2 unspecified atom stereocenters. The maximum atomic E-state index is 11.6. The molecular formula is C23H30N2O5. The minimum atomic E-state index is -0.793. The quantitative estimate of drug-likeness (QED) is 0.679. The zero-order chi connectivity index (χ0) is 20.1. The Bertz CT molecular complexity index is 902. The van der Waals surface area contributed by atoms with Crippen molar-refractivity contribution in [1.82, 2.24) is 10.2 Å². The molecule has 2 saturated heterocycles. The van der Waals surface area contributed by atoms with Crippen molar-refractivity contribution in [2.45, 2.75) is 62.9 Å². The third-order valence-corrected chi connectivity index (χ3v) is 9.65. The summed E-state index contributed by atoms with van der Waals surface area (Å²) < 4.78 is 24.0. The molecule has 0 radical (unpaired) electrons. The first kappa shape index (κ1) is 18.3. The van der Waals surface area contributed by atoms with Gasteiger partial charge in [0.2, 0.25) is 5.79 Å². The average molecular weight is 415 g/mol. The van der Waals surface area contributed by atoms with E-state index in [2.05, 4.69) is 23.2 Å². The Labute approximate surface area is 176 Å². The van der Waals surface area contributed by atoms with Gasteiger partial charge in [-0.25, -0.2) is 0 Å². The molecule has 2 aliphatic heterocycles. The summed E-state index contributed by atoms with van der Waals surface area (Å²) in [5.41, 5.74) is 3.43. The van der Waals surface area contributed by atoms with Crippen LogP contribution in [0, 0.1) is 29.1 Å². The lowest BCUT2D eigenvalue weighted by atomic mass is 9.48. The summed E-state index contributed by atoms with van der Waals surface area (Å²) in [4.78, 5) is 0. The van der Waals surface area contributed by atoms with E-state index in [1.165, 1.54) is 11.1 Å². The first-order valence-corrected chi connectivity index (χ1v) is 11.5. The molecule has 7 nitrogen and oxygen atoms in total. The van der Waals surface area contributed by atoms with Crippen molar-refractivity contribution in [1.29, 1.82) is 0 Å². The first-order valence-electron chi connectivity index (χ1n) is 11.5. The van der Waals surface area contributed by atoms with Gasteiger partial charge in [0, 0.05) is 0 Å². The predicted molar refractivity (Wildman–Crippen MR) is 106 cm³/mol. The van der Waals surface area contributed by atoms with Crippen LogP contribution >= 0.6 is 0 Å². The Morgan fingerprint density at radius 3 is 2.93 bits per heavy atom. The van der Waals surface area contributed by atoms with Crippen LogP contribution in [-0.4, -0.2) is 53.0 Å². The Morgan fingerprint density at radius 1 is 1.17 bits per heavy atom. The number of rotatable bonds is 0. The van der Waals surface area contributed by atoms with Crippen LogP contribution in [-0.2, 0) is 25.4 Å². The Kier molecular flexibility index (Phi) is 3.64. The lowest BCUT2D eigenvalue weighted by Gasteiger charge is -2.58. The van der Waals surface area contributed by atoms with Gasteiger partial charge in [0.1, 0.15) is 12.2 Å². The number of hydrogen-bond donors (Lipinski definition) is 2. The first-order chi connectivity index (χ1) is 14.6. The number of ether oxygens (including phenoxy) is 4. The van der Waals surface area contributed by atoms with Crippen LogP contribution in [0.25, 0.3) is 6.08 Å². The maximum Gasteiger partial charge on any atom is 0.226 e. The highest BCUT2D eigenvalue weighted by molar-refractivity contribution is 5.58. The van der Waals surface area contributed by atoms with E-state index >= 15 is 0 Å². The summed E-state index contributed by atoms with van der Waals surface area (Å²) in [5, 5.41) is 19.0. The number of hydrogen-bond acceptors (Lipinski definition) is 6. The molecule has 8 atom stereocenters. The van der Waals surface area contributed by atoms with E-state index < -0.39 is 11.4 Å². The van der Waals surface area contributed by atoms with Crippen LogP contribution in [0.3, 0.4) is 0 Å². The predicted octanol–water partition coefficient (Wildman–Crippen LogP) is 2.62. The maximum absolute atomic E-state index is 11.6. The van der Waals surface area contributed by atoms with Gasteiger partial charge in [-0.1, -0.05) is 12.5 Å². The van der Waals surface area contributed by atoms with Crippen molar-refractivity contribution in [3.05, 3.63) is 23.0 Å². The minimum absolute atomic E-state index is 0.00236. The van der Waals surface area contributed by atoms with Crippen molar-refractivity contribution < 1.29 is 24.1 Å². The lowest BCUT2D eigenvalue weighted by Crippen LogP contribution is -2.61. The topological polar surface area (TPSA) is 85.8 Å². The van der Waals surface area contributed by atoms with Crippen LogP contribution in [0.4, 0.5) is 0 Å². The SMILES string of the molecule is C[C@]12Cc3cn[nH]c3C=C1CC[C@@H]1[C@@H]2[C@@H](O)CC2[C@H]1CC[C@@]21OCOC12COCO2. The molecule has 1 aromatic heterocycles. The number of fused-ring (bicyclic) bond motifs is 8. The van der Waals surface area contributed by atoms with Crippen LogP contribution in [0.2, 0.25) is 0 Å². The van der Waals surface area contributed by atoms with Crippen molar-refractivity contribution in [3.63, 3.8) is 0 Å². The molecule has 30 heavy (non-hydrogen) atoms. The second-order valence-corrected chi connectivity index (χ2v) is 10.6. The second-order valence-electron chi connectivity index (χ2n) is 10.6. The van der Waals surface area contributed by atoms with Gasteiger partial charge in [-0.15, -0.1) is 0 Å². The molecule has 1 aromatic rings.